The van der Waals surface area contributed by atoms with Gasteiger partial charge in [0.25, 0.3) is 0 Å². The van der Waals surface area contributed by atoms with Gasteiger partial charge in [0.15, 0.2) is 5.82 Å². The molecule has 0 aliphatic heterocycles. The number of aryl methyl sites for hydroxylation is 2. The molecule has 0 radical (unpaired) electrons. The SMILES string of the molecule is Cc1cc(C)nc(C(C(=O)c2ccccc2)=S(C)(C)=O)n1. The minimum Gasteiger partial charge on any atom is -0.288 e. The smallest absolute Gasteiger partial charge is 0.204 e. The molecule has 0 aliphatic rings. The minimum absolute atomic E-state index is 0.181. The molecule has 0 unspecified atom stereocenters. The molecular formula is C16H18N2O2S. The molecule has 0 aliphatic carbocycles. The van der Waals surface area contributed by atoms with E-state index in [-0.39, 0.29) is 16.5 Å². The Labute approximate surface area is 125 Å². The summed E-state index contributed by atoms with van der Waals surface area (Å²) in [6.07, 6.45) is 3.09. The lowest BCUT2D eigenvalue weighted by Crippen LogP contribution is -2.26. The van der Waals surface area contributed by atoms with Crippen LogP contribution in [0.15, 0.2) is 36.4 Å². The highest BCUT2D eigenvalue weighted by Gasteiger charge is 2.22. The maximum Gasteiger partial charge on any atom is 0.204 e. The van der Waals surface area contributed by atoms with Crippen LogP contribution in [0.3, 0.4) is 0 Å². The first-order valence-electron chi connectivity index (χ1n) is 6.52. The van der Waals surface area contributed by atoms with E-state index in [0.717, 1.165) is 11.4 Å². The number of Topliss-reactive ketones (excluding diaryl/α,β-unsaturated/α-hetero) is 1. The maximum atomic E-state index is 12.7. The topological polar surface area (TPSA) is 59.9 Å². The van der Waals surface area contributed by atoms with Crippen molar-refractivity contribution >= 4 is 20.2 Å². The number of hydrogen-bond acceptors (Lipinski definition) is 4. The van der Waals surface area contributed by atoms with E-state index < -0.39 is 9.52 Å². The monoisotopic (exact) mass is 302 g/mol. The van der Waals surface area contributed by atoms with Crippen molar-refractivity contribution in [2.75, 3.05) is 12.5 Å². The Morgan fingerprint density at radius 2 is 1.52 bits per heavy atom. The summed E-state index contributed by atoms with van der Waals surface area (Å²) in [5, 5.41) is 0. The van der Waals surface area contributed by atoms with Crippen LogP contribution in [-0.2, 0) is 9.52 Å². The van der Waals surface area contributed by atoms with Gasteiger partial charge in [-0.3, -0.25) is 9.00 Å². The van der Waals surface area contributed by atoms with Crippen LogP contribution in [-0.4, -0.2) is 37.3 Å². The molecule has 5 heteroatoms. The molecule has 1 aromatic heterocycles. The second-order valence-corrected chi connectivity index (χ2v) is 8.11. The van der Waals surface area contributed by atoms with E-state index in [1.807, 2.05) is 26.0 Å². The molecule has 4 nitrogen and oxygen atoms in total. The summed E-state index contributed by atoms with van der Waals surface area (Å²) < 4.78 is 12.6. The van der Waals surface area contributed by atoms with E-state index in [2.05, 4.69) is 9.97 Å². The summed E-state index contributed by atoms with van der Waals surface area (Å²) in [6, 6.07) is 10.6. The third kappa shape index (κ3) is 3.55. The summed E-state index contributed by atoms with van der Waals surface area (Å²) >= 11 is 0. The van der Waals surface area contributed by atoms with Crippen LogP contribution in [0.25, 0.3) is 0 Å². The number of carbonyl (C=O) groups excluding carboxylic acids is 1. The van der Waals surface area contributed by atoms with Gasteiger partial charge in [0.2, 0.25) is 5.78 Å². The highest BCUT2D eigenvalue weighted by molar-refractivity contribution is 8.02. The van der Waals surface area contributed by atoms with Gasteiger partial charge < -0.3 is 0 Å². The van der Waals surface area contributed by atoms with Gasteiger partial charge in [-0.05, 0) is 29.4 Å². The molecule has 1 aromatic carbocycles. The van der Waals surface area contributed by atoms with E-state index in [0.29, 0.717) is 5.56 Å². The Morgan fingerprint density at radius 1 is 1.00 bits per heavy atom. The summed E-state index contributed by atoms with van der Waals surface area (Å²) in [7, 11) is -2.51. The number of benzene rings is 1. The Kier molecular flexibility index (Phi) is 4.23. The number of ketones is 1. The van der Waals surface area contributed by atoms with Crippen molar-refractivity contribution in [2.24, 2.45) is 0 Å². The average Bonchev–Trinajstić information content (AvgIpc) is 2.37. The zero-order valence-electron chi connectivity index (χ0n) is 12.6. The van der Waals surface area contributed by atoms with Crippen molar-refractivity contribution in [3.8, 4) is 0 Å². The van der Waals surface area contributed by atoms with Gasteiger partial charge in [0.05, 0.1) is 0 Å². The van der Waals surface area contributed by atoms with Crippen LogP contribution >= 0.6 is 0 Å². The molecule has 0 spiro atoms. The number of nitrogens with zero attached hydrogens (tertiary/aromatic N) is 2. The zero-order valence-corrected chi connectivity index (χ0v) is 13.4. The molecule has 2 rings (SSSR count). The second kappa shape index (κ2) is 5.77. The predicted octanol–water partition coefficient (Wildman–Crippen LogP) is 2.04. The van der Waals surface area contributed by atoms with Crippen molar-refractivity contribution in [3.63, 3.8) is 0 Å². The first-order chi connectivity index (χ1) is 9.79. The minimum atomic E-state index is -2.51. The molecule has 0 atom stereocenters. The predicted molar refractivity (Wildman–Crippen MR) is 86.4 cm³/mol. The maximum absolute atomic E-state index is 12.7. The second-order valence-electron chi connectivity index (χ2n) is 5.23. The highest BCUT2D eigenvalue weighted by atomic mass is 32.2. The van der Waals surface area contributed by atoms with Crippen LogP contribution in [0, 0.1) is 13.8 Å². The van der Waals surface area contributed by atoms with Crippen LogP contribution in [0.4, 0.5) is 0 Å². The molecule has 0 saturated carbocycles. The van der Waals surface area contributed by atoms with Gasteiger partial charge in [-0.25, -0.2) is 9.97 Å². The van der Waals surface area contributed by atoms with Crippen molar-refractivity contribution in [1.29, 1.82) is 0 Å². The molecule has 110 valence electrons. The van der Waals surface area contributed by atoms with Gasteiger partial charge in [0, 0.05) is 29.5 Å². The van der Waals surface area contributed by atoms with Crippen LogP contribution in [0.5, 0.6) is 0 Å². The average molecular weight is 302 g/mol. The first-order valence-corrected chi connectivity index (χ1v) is 8.90. The molecular weight excluding hydrogens is 284 g/mol. The molecule has 0 bridgehead atoms. The molecule has 0 amide bonds. The molecule has 0 fully saturated rings. The molecule has 0 N–H and O–H groups in total. The number of aromatic nitrogens is 2. The lowest BCUT2D eigenvalue weighted by Gasteiger charge is -2.10. The highest BCUT2D eigenvalue weighted by Crippen LogP contribution is 2.10. The fraction of sp³-hybridized carbons (Fsp3) is 0.250. The van der Waals surface area contributed by atoms with Gasteiger partial charge in [-0.15, -0.1) is 0 Å². The van der Waals surface area contributed by atoms with Crippen LogP contribution < -0.4 is 0 Å². The number of carbonyl (C=O) groups is 1. The van der Waals surface area contributed by atoms with E-state index in [9.17, 15) is 9.00 Å². The van der Waals surface area contributed by atoms with E-state index in [4.69, 9.17) is 0 Å². The summed E-state index contributed by atoms with van der Waals surface area (Å²) in [5.41, 5.74) is 1.99. The largest absolute Gasteiger partial charge is 0.288 e. The number of rotatable bonds is 3. The summed E-state index contributed by atoms with van der Waals surface area (Å²) in [5.74, 6) is -0.0213. The third-order valence-corrected chi connectivity index (χ3v) is 4.27. The molecule has 2 aromatic rings. The van der Waals surface area contributed by atoms with Gasteiger partial charge in [-0.1, -0.05) is 30.3 Å². The Hall–Kier alpha value is -2.01. The van der Waals surface area contributed by atoms with Crippen molar-refractivity contribution in [2.45, 2.75) is 13.8 Å². The van der Waals surface area contributed by atoms with Crippen molar-refractivity contribution in [3.05, 3.63) is 59.2 Å². The van der Waals surface area contributed by atoms with E-state index in [1.54, 1.807) is 36.8 Å². The van der Waals surface area contributed by atoms with Crippen LogP contribution in [0.2, 0.25) is 0 Å². The van der Waals surface area contributed by atoms with Gasteiger partial charge in [0.1, 0.15) is 4.86 Å². The Morgan fingerprint density at radius 3 is 2.00 bits per heavy atom. The molecule has 21 heavy (non-hydrogen) atoms. The fourth-order valence-electron chi connectivity index (χ4n) is 2.09. The van der Waals surface area contributed by atoms with Gasteiger partial charge >= 0.3 is 0 Å². The number of hydrogen-bond donors (Lipinski definition) is 0. The molecule has 1 heterocycles. The molecule has 0 saturated heterocycles. The van der Waals surface area contributed by atoms with Crippen LogP contribution in [0.1, 0.15) is 27.6 Å². The Bertz CT molecular complexity index is 776. The summed E-state index contributed by atoms with van der Waals surface area (Å²) in [6.45, 7) is 3.66. The first kappa shape index (κ1) is 15.4. The lowest BCUT2D eigenvalue weighted by molar-refractivity contribution is 0.106. The quantitative estimate of drug-likeness (QED) is 0.643. The third-order valence-electron chi connectivity index (χ3n) is 2.92. The zero-order chi connectivity index (χ0) is 15.6. The van der Waals surface area contributed by atoms with Crippen molar-refractivity contribution in [1.82, 2.24) is 9.97 Å². The lowest BCUT2D eigenvalue weighted by atomic mass is 10.1. The Balaban J connectivity index is 2.68. The standard InChI is InChI=1S/C16H18N2O2S/c1-11-10-12(2)18-16(17-11)15(21(3,4)20)14(19)13-8-6-5-7-9-13/h5-10H,1-4H3. The van der Waals surface area contributed by atoms with Crippen molar-refractivity contribution < 1.29 is 9.00 Å². The van der Waals surface area contributed by atoms with E-state index >= 15 is 0 Å². The normalized spacial score (nSPS) is 11.2. The fourth-order valence-corrected chi connectivity index (χ4v) is 3.19. The van der Waals surface area contributed by atoms with Gasteiger partial charge in [-0.2, -0.15) is 0 Å². The summed E-state index contributed by atoms with van der Waals surface area (Å²) in [4.78, 5) is 21.5. The van der Waals surface area contributed by atoms with E-state index in [1.165, 1.54) is 0 Å².